The predicted molar refractivity (Wildman–Crippen MR) is 98.6 cm³/mol. The number of ether oxygens (including phenoxy) is 1. The molecule has 1 nitrogen and oxygen atoms in total. The molecular formula is C22H27F3O. The Hall–Kier alpha value is -1.71. The summed E-state index contributed by atoms with van der Waals surface area (Å²) in [7, 11) is 0. The van der Waals surface area contributed by atoms with Crippen LogP contribution in [0, 0.1) is 23.2 Å². The van der Waals surface area contributed by atoms with E-state index >= 15 is 0 Å². The second-order valence-electron chi connectivity index (χ2n) is 8.67. The fourth-order valence-corrected chi connectivity index (χ4v) is 4.82. The Morgan fingerprint density at radius 1 is 1.08 bits per heavy atom. The average molecular weight is 364 g/mol. The Morgan fingerprint density at radius 3 is 2.38 bits per heavy atom. The summed E-state index contributed by atoms with van der Waals surface area (Å²) in [6.07, 6.45) is 6.76. The molecule has 0 bridgehead atoms. The summed E-state index contributed by atoms with van der Waals surface area (Å²) in [6, 6.07) is 6.17. The van der Waals surface area contributed by atoms with Gasteiger partial charge in [-0.25, -0.2) is 0 Å². The molecule has 0 aromatic heterocycles. The number of benzene rings is 1. The zero-order valence-corrected chi connectivity index (χ0v) is 15.6. The van der Waals surface area contributed by atoms with Gasteiger partial charge in [-0.1, -0.05) is 51.1 Å². The summed E-state index contributed by atoms with van der Waals surface area (Å²) in [5, 5.41) is 0. The van der Waals surface area contributed by atoms with Crippen LogP contribution in [-0.2, 0) is 0 Å². The zero-order chi connectivity index (χ0) is 18.9. The van der Waals surface area contributed by atoms with Crippen molar-refractivity contribution in [1.29, 1.82) is 0 Å². The van der Waals surface area contributed by atoms with E-state index in [-0.39, 0.29) is 5.75 Å². The van der Waals surface area contributed by atoms with E-state index in [2.05, 4.69) is 43.7 Å². The summed E-state index contributed by atoms with van der Waals surface area (Å²) in [5.41, 5.74) is 2.41. The SMILES string of the molecule is C[C@@H]1C[C@@H](C2C=C(c3ccc(OC(F)(F)F)cc3)C=CC2)CC(C)(C)C1. The maximum Gasteiger partial charge on any atom is 0.573 e. The number of hydrogen-bond acceptors (Lipinski definition) is 1. The predicted octanol–water partition coefficient (Wildman–Crippen LogP) is 7.01. The Labute approximate surface area is 153 Å². The lowest BCUT2D eigenvalue weighted by molar-refractivity contribution is -0.274. The van der Waals surface area contributed by atoms with E-state index in [1.165, 1.54) is 31.4 Å². The van der Waals surface area contributed by atoms with Crippen molar-refractivity contribution in [2.45, 2.75) is 52.8 Å². The number of halogens is 3. The Kier molecular flexibility index (Phi) is 5.23. The second-order valence-corrected chi connectivity index (χ2v) is 8.67. The van der Waals surface area contributed by atoms with Crippen LogP contribution in [0.25, 0.3) is 5.57 Å². The normalized spacial score (nSPS) is 28.5. The smallest absolute Gasteiger partial charge is 0.406 e. The number of rotatable bonds is 3. The number of hydrogen-bond donors (Lipinski definition) is 0. The van der Waals surface area contributed by atoms with Gasteiger partial charge in [0.15, 0.2) is 0 Å². The number of allylic oxidation sites excluding steroid dienone is 4. The van der Waals surface area contributed by atoms with Gasteiger partial charge < -0.3 is 4.74 Å². The molecule has 0 N–H and O–H groups in total. The minimum atomic E-state index is -4.65. The molecule has 0 spiro atoms. The lowest BCUT2D eigenvalue weighted by Gasteiger charge is -2.42. The highest BCUT2D eigenvalue weighted by atomic mass is 19.4. The number of alkyl halides is 3. The third kappa shape index (κ3) is 4.93. The molecule has 0 aliphatic heterocycles. The summed E-state index contributed by atoms with van der Waals surface area (Å²) in [4.78, 5) is 0. The van der Waals surface area contributed by atoms with Crippen LogP contribution >= 0.6 is 0 Å². The zero-order valence-electron chi connectivity index (χ0n) is 15.6. The Balaban J connectivity index is 1.75. The van der Waals surface area contributed by atoms with Gasteiger partial charge in [-0.15, -0.1) is 13.2 Å². The van der Waals surface area contributed by atoms with Crippen LogP contribution in [0.4, 0.5) is 13.2 Å². The fraction of sp³-hybridized carbons (Fsp3) is 0.545. The lowest BCUT2D eigenvalue weighted by Crippen LogP contribution is -2.31. The molecule has 1 unspecified atom stereocenters. The maximum atomic E-state index is 12.3. The van der Waals surface area contributed by atoms with E-state index in [1.807, 2.05) is 0 Å². The maximum absolute atomic E-state index is 12.3. The molecule has 2 aliphatic carbocycles. The first-order valence-corrected chi connectivity index (χ1v) is 9.36. The van der Waals surface area contributed by atoms with Crippen molar-refractivity contribution in [3.05, 3.63) is 48.1 Å². The van der Waals surface area contributed by atoms with Crippen molar-refractivity contribution >= 4 is 5.57 Å². The van der Waals surface area contributed by atoms with Gasteiger partial charge in [0.1, 0.15) is 5.75 Å². The van der Waals surface area contributed by atoms with Crippen molar-refractivity contribution in [3.8, 4) is 5.75 Å². The molecule has 4 heteroatoms. The molecule has 3 rings (SSSR count). The van der Waals surface area contributed by atoms with Gasteiger partial charge in [-0.3, -0.25) is 0 Å². The van der Waals surface area contributed by atoms with E-state index in [0.29, 0.717) is 17.3 Å². The summed E-state index contributed by atoms with van der Waals surface area (Å²) < 4.78 is 40.9. The monoisotopic (exact) mass is 364 g/mol. The average Bonchev–Trinajstić information content (AvgIpc) is 2.52. The summed E-state index contributed by atoms with van der Waals surface area (Å²) in [5.74, 6) is 1.73. The van der Waals surface area contributed by atoms with Crippen LogP contribution in [0.2, 0.25) is 0 Å². The molecular weight excluding hydrogens is 337 g/mol. The first-order valence-electron chi connectivity index (χ1n) is 9.36. The van der Waals surface area contributed by atoms with Crippen LogP contribution in [0.1, 0.15) is 52.0 Å². The molecule has 0 amide bonds. The molecule has 26 heavy (non-hydrogen) atoms. The molecule has 3 atom stereocenters. The Bertz CT molecular complexity index is 682. The molecule has 0 saturated heterocycles. The van der Waals surface area contributed by atoms with E-state index in [4.69, 9.17) is 0 Å². The molecule has 142 valence electrons. The van der Waals surface area contributed by atoms with Gasteiger partial charge in [0.05, 0.1) is 0 Å². The first-order chi connectivity index (χ1) is 12.1. The fourth-order valence-electron chi connectivity index (χ4n) is 4.82. The van der Waals surface area contributed by atoms with Crippen LogP contribution in [0.15, 0.2) is 42.5 Å². The van der Waals surface area contributed by atoms with Crippen LogP contribution in [-0.4, -0.2) is 6.36 Å². The second kappa shape index (κ2) is 7.13. The molecule has 1 saturated carbocycles. The van der Waals surface area contributed by atoms with Crippen molar-refractivity contribution < 1.29 is 17.9 Å². The van der Waals surface area contributed by atoms with Gasteiger partial charge in [0.2, 0.25) is 0 Å². The van der Waals surface area contributed by atoms with Gasteiger partial charge in [0, 0.05) is 0 Å². The van der Waals surface area contributed by atoms with E-state index in [1.54, 1.807) is 12.1 Å². The van der Waals surface area contributed by atoms with Crippen molar-refractivity contribution in [1.82, 2.24) is 0 Å². The van der Waals surface area contributed by atoms with Crippen molar-refractivity contribution in [3.63, 3.8) is 0 Å². The molecule has 0 heterocycles. The van der Waals surface area contributed by atoms with Gasteiger partial charge in [0.25, 0.3) is 0 Å². The quantitative estimate of drug-likeness (QED) is 0.561. The van der Waals surface area contributed by atoms with Crippen LogP contribution in [0.3, 0.4) is 0 Å². The molecule has 2 aliphatic rings. The summed E-state index contributed by atoms with van der Waals surface area (Å²) >= 11 is 0. The Morgan fingerprint density at radius 2 is 1.77 bits per heavy atom. The van der Waals surface area contributed by atoms with E-state index in [0.717, 1.165) is 23.5 Å². The summed E-state index contributed by atoms with van der Waals surface area (Å²) in [6.45, 7) is 7.06. The topological polar surface area (TPSA) is 9.23 Å². The van der Waals surface area contributed by atoms with E-state index < -0.39 is 6.36 Å². The highest BCUT2D eigenvalue weighted by Crippen LogP contribution is 2.46. The third-order valence-corrected chi connectivity index (χ3v) is 5.55. The van der Waals surface area contributed by atoms with Gasteiger partial charge in [-0.2, -0.15) is 0 Å². The molecule has 1 aromatic carbocycles. The molecule has 0 radical (unpaired) electrons. The van der Waals surface area contributed by atoms with E-state index in [9.17, 15) is 13.2 Å². The minimum absolute atomic E-state index is 0.180. The lowest BCUT2D eigenvalue weighted by atomic mass is 9.63. The van der Waals surface area contributed by atoms with Gasteiger partial charge in [-0.05, 0) is 72.1 Å². The van der Waals surface area contributed by atoms with Crippen LogP contribution in [0.5, 0.6) is 5.75 Å². The largest absolute Gasteiger partial charge is 0.573 e. The first kappa shape index (κ1) is 19.1. The van der Waals surface area contributed by atoms with Crippen LogP contribution < -0.4 is 4.74 Å². The van der Waals surface area contributed by atoms with Gasteiger partial charge >= 0.3 is 6.36 Å². The standard InChI is InChI=1S/C22H27F3O/c1-15-11-19(14-21(2,3)13-15)18-6-4-5-17(12-18)16-7-9-20(10-8-16)26-22(23,24)25/h4-5,7-10,12,15,18-19H,6,11,13-14H2,1-3H3/t15-,18?,19-/m1/s1. The van der Waals surface area contributed by atoms with Crippen molar-refractivity contribution in [2.24, 2.45) is 23.2 Å². The van der Waals surface area contributed by atoms with Crippen molar-refractivity contribution in [2.75, 3.05) is 0 Å². The molecule has 1 fully saturated rings. The molecule has 1 aromatic rings. The highest BCUT2D eigenvalue weighted by molar-refractivity contribution is 5.75. The highest BCUT2D eigenvalue weighted by Gasteiger charge is 2.35. The minimum Gasteiger partial charge on any atom is -0.406 e. The third-order valence-electron chi connectivity index (χ3n) is 5.55.